The molecule has 0 radical (unpaired) electrons. The van der Waals surface area contributed by atoms with Crippen LogP contribution >= 0.6 is 15.9 Å². The molecule has 1 aliphatic rings. The van der Waals surface area contributed by atoms with E-state index in [9.17, 15) is 10.1 Å². The van der Waals surface area contributed by atoms with Gasteiger partial charge in [0.2, 0.25) is 0 Å². The molecule has 0 spiro atoms. The van der Waals surface area contributed by atoms with Crippen LogP contribution in [0.5, 0.6) is 0 Å². The molecule has 0 aliphatic carbocycles. The Morgan fingerprint density at radius 2 is 2.31 bits per heavy atom. The van der Waals surface area contributed by atoms with Gasteiger partial charge in [-0.1, -0.05) is 22.5 Å². The first kappa shape index (κ1) is 11.1. The van der Waals surface area contributed by atoms with E-state index in [1.54, 1.807) is 0 Å². The molecule has 0 saturated carbocycles. The predicted octanol–water partition coefficient (Wildman–Crippen LogP) is 2.17. The molecule has 0 aromatic heterocycles. The fourth-order valence-corrected chi connectivity index (χ4v) is 2.20. The number of nitrogens with one attached hydrogen (secondary N) is 1. The SMILES string of the molecule is C=C1Nc2c(cc(Br)cc2[N+](=O)[O-])CC1N. The van der Waals surface area contributed by atoms with Gasteiger partial charge in [-0.3, -0.25) is 10.1 Å². The lowest BCUT2D eigenvalue weighted by atomic mass is 9.97. The molecule has 1 heterocycles. The fourth-order valence-electron chi connectivity index (χ4n) is 1.71. The lowest BCUT2D eigenvalue weighted by Crippen LogP contribution is -2.33. The lowest BCUT2D eigenvalue weighted by molar-refractivity contribution is -0.384. The molecular formula is C10H10BrN3O2. The normalized spacial score (nSPS) is 18.9. The Balaban J connectivity index is 2.59. The van der Waals surface area contributed by atoms with Crippen LogP contribution in [0.15, 0.2) is 28.9 Å². The summed E-state index contributed by atoms with van der Waals surface area (Å²) in [5, 5.41) is 13.8. The van der Waals surface area contributed by atoms with E-state index in [1.807, 2.05) is 6.07 Å². The Morgan fingerprint density at radius 1 is 1.62 bits per heavy atom. The van der Waals surface area contributed by atoms with Gasteiger partial charge in [-0.2, -0.15) is 0 Å². The summed E-state index contributed by atoms with van der Waals surface area (Å²) in [4.78, 5) is 10.5. The van der Waals surface area contributed by atoms with Crippen LogP contribution in [0.3, 0.4) is 0 Å². The molecule has 16 heavy (non-hydrogen) atoms. The zero-order valence-corrected chi connectivity index (χ0v) is 9.95. The first-order chi connectivity index (χ1) is 7.49. The van der Waals surface area contributed by atoms with Crippen LogP contribution in [0.1, 0.15) is 5.56 Å². The monoisotopic (exact) mass is 283 g/mol. The van der Waals surface area contributed by atoms with Crippen molar-refractivity contribution in [3.63, 3.8) is 0 Å². The topological polar surface area (TPSA) is 81.2 Å². The molecular weight excluding hydrogens is 274 g/mol. The third kappa shape index (κ3) is 1.81. The average molecular weight is 284 g/mol. The van der Waals surface area contributed by atoms with Crippen molar-refractivity contribution in [2.45, 2.75) is 12.5 Å². The van der Waals surface area contributed by atoms with Crippen LogP contribution in [0.2, 0.25) is 0 Å². The average Bonchev–Trinajstić information content (AvgIpc) is 2.19. The van der Waals surface area contributed by atoms with Crippen molar-refractivity contribution >= 4 is 27.3 Å². The molecule has 3 N–H and O–H groups in total. The van der Waals surface area contributed by atoms with Crippen LogP contribution in [0.4, 0.5) is 11.4 Å². The molecule has 1 unspecified atom stereocenters. The second kappa shape index (κ2) is 3.88. The van der Waals surface area contributed by atoms with Crippen molar-refractivity contribution in [1.82, 2.24) is 0 Å². The molecule has 1 aliphatic heterocycles. The van der Waals surface area contributed by atoms with Gasteiger partial charge < -0.3 is 11.1 Å². The zero-order chi connectivity index (χ0) is 11.9. The number of fused-ring (bicyclic) bond motifs is 1. The van der Waals surface area contributed by atoms with E-state index in [0.29, 0.717) is 22.3 Å². The number of nitrogens with two attached hydrogens (primary N) is 1. The highest BCUT2D eigenvalue weighted by molar-refractivity contribution is 9.10. The van der Waals surface area contributed by atoms with Crippen LogP contribution < -0.4 is 11.1 Å². The van der Waals surface area contributed by atoms with Gasteiger partial charge in [0.1, 0.15) is 5.69 Å². The summed E-state index contributed by atoms with van der Waals surface area (Å²) in [7, 11) is 0. The van der Waals surface area contributed by atoms with Gasteiger partial charge in [-0.05, 0) is 18.1 Å². The molecule has 0 amide bonds. The van der Waals surface area contributed by atoms with Crippen molar-refractivity contribution in [3.8, 4) is 0 Å². The smallest absolute Gasteiger partial charge is 0.294 e. The number of anilines is 1. The van der Waals surface area contributed by atoms with E-state index >= 15 is 0 Å². The standard InChI is InChI=1S/C10H10BrN3O2/c1-5-8(12)3-6-2-7(11)4-9(14(15)16)10(6)13-5/h2,4,8,13H,1,3,12H2. The van der Waals surface area contributed by atoms with Gasteiger partial charge in [-0.15, -0.1) is 0 Å². The van der Waals surface area contributed by atoms with Crippen LogP contribution in [-0.4, -0.2) is 11.0 Å². The van der Waals surface area contributed by atoms with Crippen LogP contribution in [-0.2, 0) is 6.42 Å². The van der Waals surface area contributed by atoms with E-state index in [4.69, 9.17) is 5.73 Å². The van der Waals surface area contributed by atoms with E-state index in [0.717, 1.165) is 5.56 Å². The number of nitrogens with zero attached hydrogens (tertiary/aromatic N) is 1. The molecule has 84 valence electrons. The minimum atomic E-state index is -0.416. The van der Waals surface area contributed by atoms with E-state index in [2.05, 4.69) is 27.8 Å². The van der Waals surface area contributed by atoms with Crippen molar-refractivity contribution in [2.24, 2.45) is 5.73 Å². The molecule has 0 fully saturated rings. The summed E-state index contributed by atoms with van der Waals surface area (Å²) in [5.74, 6) is 0. The summed E-state index contributed by atoms with van der Waals surface area (Å²) in [5.41, 5.74) is 7.80. The summed E-state index contributed by atoms with van der Waals surface area (Å²) in [6.07, 6.45) is 0.557. The second-order valence-electron chi connectivity index (χ2n) is 3.68. The van der Waals surface area contributed by atoms with Gasteiger partial charge >= 0.3 is 0 Å². The van der Waals surface area contributed by atoms with Gasteiger partial charge in [0, 0.05) is 22.3 Å². The second-order valence-corrected chi connectivity index (χ2v) is 4.59. The first-order valence-electron chi connectivity index (χ1n) is 4.67. The molecule has 2 rings (SSSR count). The van der Waals surface area contributed by atoms with Gasteiger partial charge in [0.15, 0.2) is 0 Å². The number of nitro benzene ring substituents is 1. The van der Waals surface area contributed by atoms with Crippen molar-refractivity contribution < 1.29 is 4.92 Å². The van der Waals surface area contributed by atoms with Gasteiger partial charge in [-0.25, -0.2) is 0 Å². The Kier molecular flexibility index (Phi) is 2.69. The quantitative estimate of drug-likeness (QED) is 0.611. The molecule has 1 aromatic rings. The minimum Gasteiger partial charge on any atom is -0.352 e. The zero-order valence-electron chi connectivity index (χ0n) is 8.37. The number of hydrogen-bond donors (Lipinski definition) is 2. The maximum atomic E-state index is 10.9. The Bertz CT molecular complexity index is 487. The van der Waals surface area contributed by atoms with E-state index in [1.165, 1.54) is 6.07 Å². The molecule has 6 heteroatoms. The number of rotatable bonds is 1. The largest absolute Gasteiger partial charge is 0.352 e. The number of benzene rings is 1. The Labute approximate surface area is 101 Å². The maximum absolute atomic E-state index is 10.9. The highest BCUT2D eigenvalue weighted by atomic mass is 79.9. The molecule has 1 atom stereocenters. The Morgan fingerprint density at radius 3 is 2.94 bits per heavy atom. The number of halogens is 1. The van der Waals surface area contributed by atoms with Crippen LogP contribution in [0.25, 0.3) is 0 Å². The summed E-state index contributed by atoms with van der Waals surface area (Å²) in [6.45, 7) is 3.75. The van der Waals surface area contributed by atoms with Gasteiger partial charge in [0.25, 0.3) is 5.69 Å². The van der Waals surface area contributed by atoms with Crippen molar-refractivity contribution in [2.75, 3.05) is 5.32 Å². The van der Waals surface area contributed by atoms with Crippen molar-refractivity contribution in [3.05, 3.63) is 44.6 Å². The molecule has 0 bridgehead atoms. The van der Waals surface area contributed by atoms with Gasteiger partial charge in [0.05, 0.1) is 4.92 Å². The third-order valence-corrected chi connectivity index (χ3v) is 2.99. The highest BCUT2D eigenvalue weighted by Crippen LogP contribution is 2.36. The summed E-state index contributed by atoms with van der Waals surface area (Å²) >= 11 is 3.25. The predicted molar refractivity (Wildman–Crippen MR) is 65.2 cm³/mol. The lowest BCUT2D eigenvalue weighted by Gasteiger charge is -2.25. The van der Waals surface area contributed by atoms with Crippen molar-refractivity contribution in [1.29, 1.82) is 0 Å². The van der Waals surface area contributed by atoms with Crippen LogP contribution in [0, 0.1) is 10.1 Å². The molecule has 1 aromatic carbocycles. The van der Waals surface area contributed by atoms with E-state index < -0.39 is 4.92 Å². The summed E-state index contributed by atoms with van der Waals surface area (Å²) < 4.78 is 0.680. The molecule has 5 nitrogen and oxygen atoms in total. The first-order valence-corrected chi connectivity index (χ1v) is 5.46. The maximum Gasteiger partial charge on any atom is 0.294 e. The Hall–Kier alpha value is -1.40. The number of hydrogen-bond acceptors (Lipinski definition) is 4. The van der Waals surface area contributed by atoms with E-state index in [-0.39, 0.29) is 11.7 Å². The highest BCUT2D eigenvalue weighted by Gasteiger charge is 2.26. The third-order valence-electron chi connectivity index (χ3n) is 2.53. The molecule has 0 saturated heterocycles. The number of nitro groups is 1. The summed E-state index contributed by atoms with van der Waals surface area (Å²) in [6, 6.07) is 3.10. The fraction of sp³-hybridized carbons (Fsp3) is 0.200. The minimum absolute atomic E-state index is 0.0393.